The minimum atomic E-state index is -0.774. The van der Waals surface area contributed by atoms with Gasteiger partial charge in [0.05, 0.1) is 13.0 Å². The molecule has 1 aromatic carbocycles. The monoisotopic (exact) mass is 303 g/mol. The molecule has 1 fully saturated rings. The molecule has 0 radical (unpaired) electrons. The van der Waals surface area contributed by atoms with Gasteiger partial charge in [0, 0.05) is 18.2 Å². The molecule has 1 amide bonds. The average Bonchev–Trinajstić information content (AvgIpc) is 2.97. The lowest BCUT2D eigenvalue weighted by Crippen LogP contribution is -2.38. The lowest BCUT2D eigenvalue weighted by atomic mass is 9.80. The second kappa shape index (κ2) is 5.99. The molecule has 22 heavy (non-hydrogen) atoms. The van der Waals surface area contributed by atoms with Crippen LogP contribution in [0.4, 0.5) is 5.69 Å². The van der Waals surface area contributed by atoms with Crippen LogP contribution in [0.1, 0.15) is 31.2 Å². The molecule has 1 saturated carbocycles. The Hall–Kier alpha value is -2.04. The van der Waals surface area contributed by atoms with E-state index in [4.69, 9.17) is 4.74 Å². The first kappa shape index (κ1) is 14.9. The third-order valence-corrected chi connectivity index (χ3v) is 4.82. The summed E-state index contributed by atoms with van der Waals surface area (Å²) < 4.78 is 5.22. The molecule has 5 heteroatoms. The van der Waals surface area contributed by atoms with E-state index in [1.54, 1.807) is 7.11 Å². The number of ether oxygens (including phenoxy) is 1. The first-order valence-corrected chi connectivity index (χ1v) is 7.81. The molecule has 1 heterocycles. The summed E-state index contributed by atoms with van der Waals surface area (Å²) in [6.45, 7) is 0.676. The maximum Gasteiger partial charge on any atom is 0.306 e. The molecule has 0 spiro atoms. The summed E-state index contributed by atoms with van der Waals surface area (Å²) in [4.78, 5) is 25.8. The Labute approximate surface area is 129 Å². The van der Waals surface area contributed by atoms with Gasteiger partial charge in [0.2, 0.25) is 5.91 Å². The van der Waals surface area contributed by atoms with Gasteiger partial charge < -0.3 is 14.7 Å². The van der Waals surface area contributed by atoms with E-state index in [0.717, 1.165) is 36.3 Å². The van der Waals surface area contributed by atoms with E-state index in [-0.39, 0.29) is 17.7 Å². The fraction of sp³-hybridized carbons (Fsp3) is 0.529. The van der Waals surface area contributed by atoms with Gasteiger partial charge in [-0.2, -0.15) is 0 Å². The molecule has 0 unspecified atom stereocenters. The van der Waals surface area contributed by atoms with Crippen LogP contribution >= 0.6 is 0 Å². The molecule has 0 aromatic heterocycles. The summed E-state index contributed by atoms with van der Waals surface area (Å²) in [7, 11) is 1.63. The highest BCUT2D eigenvalue weighted by Gasteiger charge is 2.35. The number of methoxy groups -OCH3 is 1. The van der Waals surface area contributed by atoms with Crippen molar-refractivity contribution in [1.82, 2.24) is 0 Å². The van der Waals surface area contributed by atoms with E-state index in [0.29, 0.717) is 19.4 Å². The van der Waals surface area contributed by atoms with Crippen LogP contribution < -0.4 is 9.64 Å². The number of carboxylic acids is 1. The highest BCUT2D eigenvalue weighted by molar-refractivity contribution is 5.97. The number of nitrogens with zero attached hydrogens (tertiary/aromatic N) is 1. The van der Waals surface area contributed by atoms with Crippen LogP contribution in [0.15, 0.2) is 18.2 Å². The number of aliphatic carboxylic acids is 1. The number of amides is 1. The second-order valence-corrected chi connectivity index (χ2v) is 6.13. The molecule has 1 aliphatic heterocycles. The smallest absolute Gasteiger partial charge is 0.306 e. The Bertz CT molecular complexity index is 598. The van der Waals surface area contributed by atoms with Crippen LogP contribution in [-0.4, -0.2) is 30.6 Å². The number of hydrogen-bond acceptors (Lipinski definition) is 3. The van der Waals surface area contributed by atoms with Gasteiger partial charge >= 0.3 is 5.97 Å². The standard InChI is InChI=1S/C17H21NO4/c1-22-14-5-6-15-11(10-14)7-8-18(15)16(19)12-3-2-4-13(9-12)17(20)21/h5-6,10,12-13H,2-4,7-9H2,1H3,(H,20,21)/t12-,13+/m0/s1. The average molecular weight is 303 g/mol. The van der Waals surface area contributed by atoms with Gasteiger partial charge in [-0.1, -0.05) is 6.42 Å². The van der Waals surface area contributed by atoms with Crippen LogP contribution in [0.25, 0.3) is 0 Å². The largest absolute Gasteiger partial charge is 0.497 e. The molecular weight excluding hydrogens is 282 g/mol. The molecule has 118 valence electrons. The second-order valence-electron chi connectivity index (χ2n) is 6.13. The Morgan fingerprint density at radius 3 is 2.77 bits per heavy atom. The SMILES string of the molecule is COc1ccc2c(c1)CCN2C(=O)[C@H]1CCC[C@@H](C(=O)O)C1. The number of carbonyl (C=O) groups is 2. The van der Waals surface area contributed by atoms with Crippen molar-refractivity contribution in [3.8, 4) is 5.75 Å². The maximum absolute atomic E-state index is 12.8. The zero-order chi connectivity index (χ0) is 15.7. The number of hydrogen-bond donors (Lipinski definition) is 1. The highest BCUT2D eigenvalue weighted by Crippen LogP contribution is 2.36. The van der Waals surface area contributed by atoms with Gasteiger partial charge in [0.1, 0.15) is 5.75 Å². The van der Waals surface area contributed by atoms with E-state index in [9.17, 15) is 14.7 Å². The molecule has 2 aliphatic rings. The third-order valence-electron chi connectivity index (χ3n) is 4.82. The van der Waals surface area contributed by atoms with Crippen molar-refractivity contribution in [2.45, 2.75) is 32.1 Å². The van der Waals surface area contributed by atoms with Crippen molar-refractivity contribution < 1.29 is 19.4 Å². The summed E-state index contributed by atoms with van der Waals surface area (Å²) in [6.07, 6.45) is 3.59. The minimum absolute atomic E-state index is 0.0786. The number of carboxylic acid groups (broad SMARTS) is 1. The van der Waals surface area contributed by atoms with Crippen LogP contribution in [-0.2, 0) is 16.0 Å². The zero-order valence-corrected chi connectivity index (χ0v) is 12.7. The molecular formula is C17H21NO4. The Morgan fingerprint density at radius 2 is 2.05 bits per heavy atom. The van der Waals surface area contributed by atoms with Gasteiger partial charge in [-0.25, -0.2) is 0 Å². The van der Waals surface area contributed by atoms with Gasteiger partial charge in [-0.05, 0) is 49.4 Å². The highest BCUT2D eigenvalue weighted by atomic mass is 16.5. The van der Waals surface area contributed by atoms with E-state index >= 15 is 0 Å². The summed E-state index contributed by atoms with van der Waals surface area (Å²) in [5.74, 6) is -0.431. The summed E-state index contributed by atoms with van der Waals surface area (Å²) in [6, 6.07) is 5.77. The van der Waals surface area contributed by atoms with Crippen molar-refractivity contribution in [1.29, 1.82) is 0 Å². The fourth-order valence-electron chi connectivity index (χ4n) is 3.59. The third kappa shape index (κ3) is 2.67. The molecule has 1 aromatic rings. The normalized spacial score (nSPS) is 24.0. The molecule has 5 nitrogen and oxygen atoms in total. The molecule has 2 atom stereocenters. The molecule has 0 bridgehead atoms. The predicted molar refractivity (Wildman–Crippen MR) is 82.1 cm³/mol. The van der Waals surface area contributed by atoms with Gasteiger partial charge in [0.15, 0.2) is 0 Å². The van der Waals surface area contributed by atoms with Crippen molar-refractivity contribution >= 4 is 17.6 Å². The topological polar surface area (TPSA) is 66.8 Å². The molecule has 0 saturated heterocycles. The summed E-state index contributed by atoms with van der Waals surface area (Å²) in [5.41, 5.74) is 2.07. The number of benzene rings is 1. The molecule has 1 N–H and O–H groups in total. The predicted octanol–water partition coefficient (Wildman–Crippen LogP) is 2.48. The first-order chi connectivity index (χ1) is 10.6. The molecule has 1 aliphatic carbocycles. The zero-order valence-electron chi connectivity index (χ0n) is 12.7. The lowest BCUT2D eigenvalue weighted by molar-refractivity contribution is -0.143. The van der Waals surface area contributed by atoms with E-state index in [1.165, 1.54) is 0 Å². The Kier molecular flexibility index (Phi) is 4.05. The van der Waals surface area contributed by atoms with Crippen LogP contribution in [0.5, 0.6) is 5.75 Å². The summed E-state index contributed by atoms with van der Waals surface area (Å²) >= 11 is 0. The van der Waals surface area contributed by atoms with Crippen molar-refractivity contribution in [3.63, 3.8) is 0 Å². The lowest BCUT2D eigenvalue weighted by Gasteiger charge is -2.29. The number of anilines is 1. The quantitative estimate of drug-likeness (QED) is 0.931. The Balaban J connectivity index is 1.76. The molecule has 3 rings (SSSR count). The van der Waals surface area contributed by atoms with Crippen LogP contribution in [0.2, 0.25) is 0 Å². The number of rotatable bonds is 3. The van der Waals surface area contributed by atoms with Gasteiger partial charge in [0.25, 0.3) is 0 Å². The van der Waals surface area contributed by atoms with Gasteiger partial charge in [-0.3, -0.25) is 9.59 Å². The van der Waals surface area contributed by atoms with E-state index in [1.807, 2.05) is 23.1 Å². The number of fused-ring (bicyclic) bond motifs is 1. The van der Waals surface area contributed by atoms with E-state index in [2.05, 4.69) is 0 Å². The fourth-order valence-corrected chi connectivity index (χ4v) is 3.59. The van der Waals surface area contributed by atoms with Crippen molar-refractivity contribution in [2.24, 2.45) is 11.8 Å². The first-order valence-electron chi connectivity index (χ1n) is 7.81. The van der Waals surface area contributed by atoms with Crippen molar-refractivity contribution in [2.75, 3.05) is 18.6 Å². The Morgan fingerprint density at radius 1 is 1.27 bits per heavy atom. The van der Waals surface area contributed by atoms with E-state index < -0.39 is 5.97 Å². The van der Waals surface area contributed by atoms with Crippen LogP contribution in [0.3, 0.4) is 0 Å². The minimum Gasteiger partial charge on any atom is -0.497 e. The summed E-state index contributed by atoms with van der Waals surface area (Å²) in [5, 5.41) is 9.18. The van der Waals surface area contributed by atoms with Crippen molar-refractivity contribution in [3.05, 3.63) is 23.8 Å². The maximum atomic E-state index is 12.8. The van der Waals surface area contributed by atoms with Crippen LogP contribution in [0, 0.1) is 11.8 Å². The number of carbonyl (C=O) groups excluding carboxylic acids is 1. The van der Waals surface area contributed by atoms with Gasteiger partial charge in [-0.15, -0.1) is 0 Å².